The summed E-state index contributed by atoms with van der Waals surface area (Å²) < 4.78 is 0.978. The van der Waals surface area contributed by atoms with E-state index < -0.39 is 4.92 Å². The van der Waals surface area contributed by atoms with Crippen LogP contribution in [0.5, 0.6) is 0 Å². The number of hydrogen-bond acceptors (Lipinski definition) is 5. The number of nitro groups is 1. The van der Waals surface area contributed by atoms with Gasteiger partial charge >= 0.3 is 0 Å². The first-order valence-electron chi connectivity index (χ1n) is 6.93. The molecule has 1 N–H and O–H groups in total. The molecule has 2 rings (SSSR count). The number of carbonyl (C=O) groups excluding carboxylic acids is 1. The van der Waals surface area contributed by atoms with Gasteiger partial charge in [0.05, 0.1) is 16.9 Å². The van der Waals surface area contributed by atoms with Gasteiger partial charge in [0.2, 0.25) is 5.91 Å². The predicted molar refractivity (Wildman–Crippen MR) is 99.1 cm³/mol. The van der Waals surface area contributed by atoms with Gasteiger partial charge in [-0.3, -0.25) is 14.9 Å². The molecule has 0 radical (unpaired) electrons. The molecule has 0 unspecified atom stereocenters. The molecular formula is C16H14BrN3O3S. The molecular weight excluding hydrogens is 394 g/mol. The molecule has 0 heterocycles. The van der Waals surface area contributed by atoms with Gasteiger partial charge in [0.1, 0.15) is 0 Å². The predicted octanol–water partition coefficient (Wildman–Crippen LogP) is 3.74. The number of nitro benzene ring substituents is 1. The van der Waals surface area contributed by atoms with Gasteiger partial charge in [0, 0.05) is 22.4 Å². The fourth-order valence-corrected chi connectivity index (χ4v) is 2.78. The Labute approximate surface area is 151 Å². The molecule has 0 fully saturated rings. The Balaban J connectivity index is 1.71. The molecule has 0 aliphatic heterocycles. The van der Waals surface area contributed by atoms with Crippen molar-refractivity contribution in [3.8, 4) is 0 Å². The highest BCUT2D eigenvalue weighted by atomic mass is 79.9. The van der Waals surface area contributed by atoms with Crippen molar-refractivity contribution >= 4 is 45.5 Å². The highest BCUT2D eigenvalue weighted by Gasteiger charge is 2.05. The molecule has 1 amide bonds. The summed E-state index contributed by atoms with van der Waals surface area (Å²) in [7, 11) is 0. The number of rotatable bonds is 7. The van der Waals surface area contributed by atoms with Gasteiger partial charge in [0.15, 0.2) is 0 Å². The van der Waals surface area contributed by atoms with Crippen molar-refractivity contribution in [3.63, 3.8) is 0 Å². The van der Waals surface area contributed by atoms with Crippen LogP contribution in [0.3, 0.4) is 0 Å². The normalized spacial score (nSPS) is 10.7. The lowest BCUT2D eigenvalue weighted by Gasteiger charge is -2.01. The van der Waals surface area contributed by atoms with Gasteiger partial charge in [-0.05, 0) is 23.3 Å². The van der Waals surface area contributed by atoms with Crippen molar-refractivity contribution in [1.29, 1.82) is 0 Å². The minimum Gasteiger partial charge on any atom is -0.272 e. The number of non-ortho nitro benzene ring substituents is 1. The Hall–Kier alpha value is -2.19. The lowest BCUT2D eigenvalue weighted by atomic mass is 10.2. The number of thioether (sulfide) groups is 1. The van der Waals surface area contributed by atoms with Crippen molar-refractivity contribution in [1.82, 2.24) is 5.43 Å². The van der Waals surface area contributed by atoms with Crippen LogP contribution in [-0.2, 0) is 10.5 Å². The second-order valence-corrected chi connectivity index (χ2v) is 6.66. The Morgan fingerprint density at radius 3 is 2.50 bits per heavy atom. The number of nitrogens with one attached hydrogen (secondary N) is 1. The SMILES string of the molecule is O=C(CSCc1ccc([N+](=O)[O-])cc1)N/N=C/c1ccc(Br)cc1. The van der Waals surface area contributed by atoms with Crippen LogP contribution in [0.4, 0.5) is 5.69 Å². The maximum Gasteiger partial charge on any atom is 0.269 e. The first kappa shape index (κ1) is 18.2. The molecule has 6 nitrogen and oxygen atoms in total. The monoisotopic (exact) mass is 407 g/mol. The second-order valence-electron chi connectivity index (χ2n) is 4.76. The van der Waals surface area contributed by atoms with Crippen molar-refractivity contribution in [3.05, 3.63) is 74.2 Å². The van der Waals surface area contributed by atoms with E-state index >= 15 is 0 Å². The topological polar surface area (TPSA) is 84.6 Å². The number of benzene rings is 2. The van der Waals surface area contributed by atoms with Crippen LogP contribution in [0.15, 0.2) is 58.1 Å². The third-order valence-electron chi connectivity index (χ3n) is 2.92. The first-order valence-corrected chi connectivity index (χ1v) is 8.88. The standard InChI is InChI=1S/C16H14BrN3O3S/c17-14-5-1-12(2-6-14)9-18-19-16(21)11-24-10-13-3-7-15(8-4-13)20(22)23/h1-9H,10-11H2,(H,19,21)/b18-9+. The van der Waals surface area contributed by atoms with E-state index in [1.165, 1.54) is 23.9 Å². The van der Waals surface area contributed by atoms with E-state index in [2.05, 4.69) is 26.5 Å². The third-order valence-corrected chi connectivity index (χ3v) is 4.45. The Morgan fingerprint density at radius 1 is 1.21 bits per heavy atom. The van der Waals surface area contributed by atoms with Crippen molar-refractivity contribution in [2.75, 3.05) is 5.75 Å². The molecule has 0 atom stereocenters. The first-order chi connectivity index (χ1) is 11.5. The fraction of sp³-hybridized carbons (Fsp3) is 0.125. The molecule has 0 aromatic heterocycles. The summed E-state index contributed by atoms with van der Waals surface area (Å²) in [5.41, 5.74) is 4.34. The van der Waals surface area contributed by atoms with Crippen LogP contribution >= 0.6 is 27.7 Å². The third kappa shape index (κ3) is 6.13. The van der Waals surface area contributed by atoms with Crippen LogP contribution in [0.1, 0.15) is 11.1 Å². The molecule has 0 saturated carbocycles. The summed E-state index contributed by atoms with van der Waals surface area (Å²) in [6, 6.07) is 13.8. The van der Waals surface area contributed by atoms with E-state index in [0.717, 1.165) is 15.6 Å². The minimum atomic E-state index is -0.437. The fourth-order valence-electron chi connectivity index (χ4n) is 1.74. The van der Waals surface area contributed by atoms with Crippen LogP contribution < -0.4 is 5.43 Å². The van der Waals surface area contributed by atoms with Gasteiger partial charge in [-0.25, -0.2) is 5.43 Å². The van der Waals surface area contributed by atoms with Crippen LogP contribution in [0.25, 0.3) is 0 Å². The van der Waals surface area contributed by atoms with E-state index in [0.29, 0.717) is 5.75 Å². The van der Waals surface area contributed by atoms with Crippen molar-refractivity contribution < 1.29 is 9.72 Å². The van der Waals surface area contributed by atoms with Crippen LogP contribution in [0.2, 0.25) is 0 Å². The van der Waals surface area contributed by atoms with E-state index in [-0.39, 0.29) is 17.3 Å². The number of hydrazone groups is 1. The highest BCUT2D eigenvalue weighted by molar-refractivity contribution is 9.10. The molecule has 8 heteroatoms. The smallest absolute Gasteiger partial charge is 0.269 e. The van der Waals surface area contributed by atoms with E-state index in [9.17, 15) is 14.9 Å². The largest absolute Gasteiger partial charge is 0.272 e. The van der Waals surface area contributed by atoms with Gasteiger partial charge in [-0.1, -0.05) is 40.2 Å². The number of carbonyl (C=O) groups is 1. The van der Waals surface area contributed by atoms with E-state index in [1.54, 1.807) is 18.3 Å². The molecule has 124 valence electrons. The summed E-state index contributed by atoms with van der Waals surface area (Å²) in [6.45, 7) is 0. The average molecular weight is 408 g/mol. The Kier molecular flexibility index (Phi) is 6.95. The highest BCUT2D eigenvalue weighted by Crippen LogP contribution is 2.16. The maximum absolute atomic E-state index is 11.7. The van der Waals surface area contributed by atoms with Crippen molar-refractivity contribution in [2.45, 2.75) is 5.75 Å². The van der Waals surface area contributed by atoms with Gasteiger partial charge < -0.3 is 0 Å². The van der Waals surface area contributed by atoms with Crippen LogP contribution in [-0.4, -0.2) is 22.8 Å². The quantitative estimate of drug-likeness (QED) is 0.430. The molecule has 24 heavy (non-hydrogen) atoms. The minimum absolute atomic E-state index is 0.0590. The summed E-state index contributed by atoms with van der Waals surface area (Å²) in [4.78, 5) is 21.8. The number of hydrogen-bond donors (Lipinski definition) is 1. The number of amides is 1. The summed E-state index contributed by atoms with van der Waals surface area (Å²) >= 11 is 4.76. The molecule has 0 bridgehead atoms. The Morgan fingerprint density at radius 2 is 1.88 bits per heavy atom. The van der Waals surface area contributed by atoms with Crippen molar-refractivity contribution in [2.24, 2.45) is 5.10 Å². The molecule has 0 aliphatic carbocycles. The molecule has 0 saturated heterocycles. The zero-order valence-electron chi connectivity index (χ0n) is 12.5. The zero-order chi connectivity index (χ0) is 17.4. The second kappa shape index (κ2) is 9.19. The molecule has 0 spiro atoms. The average Bonchev–Trinajstić information content (AvgIpc) is 2.57. The lowest BCUT2D eigenvalue weighted by molar-refractivity contribution is -0.384. The molecule has 2 aromatic carbocycles. The van der Waals surface area contributed by atoms with Gasteiger partial charge in [-0.2, -0.15) is 5.10 Å². The van der Waals surface area contributed by atoms with E-state index in [4.69, 9.17) is 0 Å². The molecule has 2 aromatic rings. The summed E-state index contributed by atoms with van der Waals surface area (Å²) in [5.74, 6) is 0.659. The van der Waals surface area contributed by atoms with Gasteiger partial charge in [-0.15, -0.1) is 11.8 Å². The zero-order valence-corrected chi connectivity index (χ0v) is 14.9. The van der Waals surface area contributed by atoms with Gasteiger partial charge in [0.25, 0.3) is 5.69 Å². The number of nitrogens with zero attached hydrogens (tertiary/aromatic N) is 2. The van der Waals surface area contributed by atoms with E-state index in [1.807, 2.05) is 24.3 Å². The number of halogens is 1. The summed E-state index contributed by atoms with van der Waals surface area (Å²) in [5, 5.41) is 14.5. The maximum atomic E-state index is 11.7. The summed E-state index contributed by atoms with van der Waals surface area (Å²) in [6.07, 6.45) is 1.57. The van der Waals surface area contributed by atoms with Crippen LogP contribution in [0, 0.1) is 10.1 Å². The lowest BCUT2D eigenvalue weighted by Crippen LogP contribution is -2.19. The Bertz CT molecular complexity index is 733. The molecule has 0 aliphatic rings.